The molecular weight excluding hydrogens is 310 g/mol. The van der Waals surface area contributed by atoms with Gasteiger partial charge in [-0.1, -0.05) is 0 Å². The van der Waals surface area contributed by atoms with Crippen molar-refractivity contribution in [1.82, 2.24) is 25.0 Å². The summed E-state index contributed by atoms with van der Waals surface area (Å²) in [6.45, 7) is 1.21. The molecule has 24 heavy (non-hydrogen) atoms. The molecule has 0 aromatic carbocycles. The van der Waals surface area contributed by atoms with E-state index in [0.29, 0.717) is 17.8 Å². The number of hydrogen-bond donors (Lipinski definition) is 2. The lowest BCUT2D eigenvalue weighted by Gasteiger charge is -2.08. The van der Waals surface area contributed by atoms with Crippen molar-refractivity contribution in [3.63, 3.8) is 0 Å². The van der Waals surface area contributed by atoms with Crippen molar-refractivity contribution in [1.29, 1.82) is 0 Å². The minimum atomic E-state index is -0.310. The Labute approximate surface area is 138 Å². The summed E-state index contributed by atoms with van der Waals surface area (Å²) < 4.78 is 8.80. The van der Waals surface area contributed by atoms with Crippen LogP contribution in [0.2, 0.25) is 0 Å². The smallest absolute Gasteiger partial charge is 0.268 e. The van der Waals surface area contributed by atoms with Gasteiger partial charge in [0.15, 0.2) is 5.58 Å². The van der Waals surface area contributed by atoms with Gasteiger partial charge in [-0.15, -0.1) is 0 Å². The lowest BCUT2D eigenvalue weighted by Crippen LogP contribution is -2.38. The van der Waals surface area contributed by atoms with Gasteiger partial charge < -0.3 is 19.6 Å². The van der Waals surface area contributed by atoms with E-state index in [0.717, 1.165) is 18.5 Å². The van der Waals surface area contributed by atoms with Crippen molar-refractivity contribution in [2.45, 2.75) is 13.0 Å². The predicted molar refractivity (Wildman–Crippen MR) is 87.4 cm³/mol. The molecule has 2 amide bonds. The first-order valence-electron chi connectivity index (χ1n) is 7.70. The van der Waals surface area contributed by atoms with E-state index < -0.39 is 0 Å². The molecule has 0 bridgehead atoms. The topological polar surface area (TPSA) is 94.1 Å². The average Bonchev–Trinajstić information content (AvgIpc) is 3.29. The van der Waals surface area contributed by atoms with Gasteiger partial charge in [-0.2, -0.15) is 5.10 Å². The number of nitrogens with one attached hydrogen (secondary N) is 2. The maximum atomic E-state index is 12.2. The van der Waals surface area contributed by atoms with Crippen molar-refractivity contribution in [3.8, 4) is 0 Å². The molecule has 3 aromatic heterocycles. The lowest BCUT2D eigenvalue weighted by atomic mass is 10.4. The number of amides is 2. The molecular formula is C16H19N5O3. The molecule has 8 heteroatoms. The zero-order valence-corrected chi connectivity index (χ0v) is 13.4. The van der Waals surface area contributed by atoms with Crippen molar-refractivity contribution >= 4 is 22.9 Å². The van der Waals surface area contributed by atoms with Crippen LogP contribution in [0.4, 0.5) is 0 Å². The first-order valence-corrected chi connectivity index (χ1v) is 7.70. The zero-order chi connectivity index (χ0) is 16.9. The average molecular weight is 329 g/mol. The van der Waals surface area contributed by atoms with Gasteiger partial charge in [0.1, 0.15) is 5.69 Å². The van der Waals surface area contributed by atoms with Crippen molar-refractivity contribution in [3.05, 3.63) is 42.5 Å². The molecule has 3 rings (SSSR count). The molecule has 0 unspecified atom stereocenters. The SMILES string of the molecule is Cn1c(C(=O)NCC(=O)NCCCn2cccn2)cc2occc21. The minimum absolute atomic E-state index is 0.0624. The molecule has 8 nitrogen and oxygen atoms in total. The number of furan rings is 1. The molecule has 0 aliphatic heterocycles. The molecule has 0 saturated heterocycles. The van der Waals surface area contributed by atoms with Crippen LogP contribution in [-0.4, -0.2) is 39.3 Å². The summed E-state index contributed by atoms with van der Waals surface area (Å²) in [6, 6.07) is 5.31. The third kappa shape index (κ3) is 3.48. The van der Waals surface area contributed by atoms with Gasteiger partial charge in [-0.25, -0.2) is 0 Å². The maximum Gasteiger partial charge on any atom is 0.268 e. The Morgan fingerprint density at radius 3 is 2.96 bits per heavy atom. The van der Waals surface area contributed by atoms with Gasteiger partial charge in [0, 0.05) is 44.7 Å². The first-order chi connectivity index (χ1) is 11.6. The minimum Gasteiger partial charge on any atom is -0.463 e. The fraction of sp³-hybridized carbons (Fsp3) is 0.312. The number of fused-ring (bicyclic) bond motifs is 1. The van der Waals surface area contributed by atoms with E-state index in [-0.39, 0.29) is 18.4 Å². The molecule has 0 saturated carbocycles. The second-order valence-corrected chi connectivity index (χ2v) is 5.41. The van der Waals surface area contributed by atoms with E-state index in [9.17, 15) is 9.59 Å². The molecule has 0 aliphatic carbocycles. The van der Waals surface area contributed by atoms with Crippen LogP contribution in [-0.2, 0) is 18.4 Å². The molecule has 0 atom stereocenters. The molecule has 0 fully saturated rings. The van der Waals surface area contributed by atoms with Crippen molar-refractivity contribution in [2.24, 2.45) is 7.05 Å². The summed E-state index contributed by atoms with van der Waals surface area (Å²) in [5, 5.41) is 9.47. The van der Waals surface area contributed by atoms with Crippen LogP contribution >= 0.6 is 0 Å². The van der Waals surface area contributed by atoms with E-state index in [1.54, 1.807) is 40.9 Å². The van der Waals surface area contributed by atoms with Gasteiger partial charge in [-0.05, 0) is 12.5 Å². The van der Waals surface area contributed by atoms with E-state index in [1.807, 2.05) is 12.3 Å². The summed E-state index contributed by atoms with van der Waals surface area (Å²) in [7, 11) is 1.78. The number of carbonyl (C=O) groups is 2. The molecule has 126 valence electrons. The Bertz CT molecular complexity index is 831. The second-order valence-electron chi connectivity index (χ2n) is 5.41. The number of aryl methyl sites for hydroxylation is 2. The van der Waals surface area contributed by atoms with Crippen LogP contribution in [0.25, 0.3) is 11.1 Å². The van der Waals surface area contributed by atoms with Crippen LogP contribution in [0.5, 0.6) is 0 Å². The largest absolute Gasteiger partial charge is 0.463 e. The zero-order valence-electron chi connectivity index (χ0n) is 13.4. The second kappa shape index (κ2) is 7.03. The first kappa shape index (κ1) is 15.9. The predicted octanol–water partition coefficient (Wildman–Crippen LogP) is 0.904. The van der Waals surface area contributed by atoms with E-state index in [1.165, 1.54) is 0 Å². The van der Waals surface area contributed by atoms with Crippen LogP contribution in [0.1, 0.15) is 16.9 Å². The molecule has 0 aliphatic rings. The Balaban J connectivity index is 1.41. The summed E-state index contributed by atoms with van der Waals surface area (Å²) in [5.74, 6) is -0.530. The highest BCUT2D eigenvalue weighted by atomic mass is 16.3. The van der Waals surface area contributed by atoms with Gasteiger partial charge in [0.25, 0.3) is 5.91 Å². The highest BCUT2D eigenvalue weighted by molar-refractivity contribution is 5.99. The lowest BCUT2D eigenvalue weighted by molar-refractivity contribution is -0.120. The summed E-state index contributed by atoms with van der Waals surface area (Å²) in [4.78, 5) is 23.9. The van der Waals surface area contributed by atoms with Crippen LogP contribution < -0.4 is 10.6 Å². The highest BCUT2D eigenvalue weighted by Gasteiger charge is 2.15. The third-order valence-electron chi connectivity index (χ3n) is 3.75. The van der Waals surface area contributed by atoms with Crippen LogP contribution in [0.15, 0.2) is 41.3 Å². The molecule has 2 N–H and O–H groups in total. The maximum absolute atomic E-state index is 12.2. The van der Waals surface area contributed by atoms with Crippen molar-refractivity contribution in [2.75, 3.05) is 13.1 Å². The highest BCUT2D eigenvalue weighted by Crippen LogP contribution is 2.19. The molecule has 0 radical (unpaired) electrons. The Hall–Kier alpha value is -3.03. The Kier molecular flexibility index (Phi) is 4.64. The van der Waals surface area contributed by atoms with E-state index in [2.05, 4.69) is 15.7 Å². The standard InChI is InChI=1S/C16H19N5O3/c1-20-12-4-9-24-14(12)10-13(20)16(23)18-11-15(22)17-5-2-7-21-8-3-6-19-21/h3-4,6,8-10H,2,5,7,11H2,1H3,(H,17,22)(H,18,23). The number of hydrogen-bond acceptors (Lipinski definition) is 4. The van der Waals surface area contributed by atoms with Crippen LogP contribution in [0, 0.1) is 0 Å². The number of nitrogens with zero attached hydrogens (tertiary/aromatic N) is 3. The Morgan fingerprint density at radius 2 is 2.21 bits per heavy atom. The number of aromatic nitrogens is 3. The quantitative estimate of drug-likeness (QED) is 0.630. The van der Waals surface area contributed by atoms with Gasteiger partial charge in [-0.3, -0.25) is 14.3 Å². The normalized spacial score (nSPS) is 10.9. The summed E-state index contributed by atoms with van der Waals surface area (Å²) >= 11 is 0. The van der Waals surface area contributed by atoms with E-state index in [4.69, 9.17) is 4.42 Å². The fourth-order valence-corrected chi connectivity index (χ4v) is 2.48. The number of rotatable bonds is 7. The third-order valence-corrected chi connectivity index (χ3v) is 3.75. The van der Waals surface area contributed by atoms with Gasteiger partial charge in [0.05, 0.1) is 18.3 Å². The van der Waals surface area contributed by atoms with Crippen molar-refractivity contribution < 1.29 is 14.0 Å². The van der Waals surface area contributed by atoms with Crippen LogP contribution in [0.3, 0.4) is 0 Å². The molecule has 3 aromatic rings. The van der Waals surface area contributed by atoms with Gasteiger partial charge >= 0.3 is 0 Å². The fourth-order valence-electron chi connectivity index (χ4n) is 2.48. The molecule has 3 heterocycles. The van der Waals surface area contributed by atoms with E-state index >= 15 is 0 Å². The summed E-state index contributed by atoms with van der Waals surface area (Å²) in [6.07, 6.45) is 5.94. The number of carbonyl (C=O) groups excluding carboxylic acids is 2. The monoisotopic (exact) mass is 329 g/mol. The Morgan fingerprint density at radius 1 is 1.33 bits per heavy atom. The van der Waals surface area contributed by atoms with Gasteiger partial charge in [0.2, 0.25) is 5.91 Å². The summed E-state index contributed by atoms with van der Waals surface area (Å²) in [5.41, 5.74) is 1.93. The molecule has 0 spiro atoms.